The molecule has 1 amide bonds. The normalized spacial score (nSPS) is 16.4. The van der Waals surface area contributed by atoms with E-state index < -0.39 is 0 Å². The van der Waals surface area contributed by atoms with Crippen LogP contribution in [0.1, 0.15) is 29.5 Å². The zero-order valence-corrected chi connectivity index (χ0v) is 15.7. The summed E-state index contributed by atoms with van der Waals surface area (Å²) in [7, 11) is 0. The van der Waals surface area contributed by atoms with Crippen molar-refractivity contribution in [3.05, 3.63) is 40.3 Å². The minimum absolute atomic E-state index is 0.0163. The molecule has 0 radical (unpaired) electrons. The molecule has 2 aromatic heterocycles. The van der Waals surface area contributed by atoms with Gasteiger partial charge in [-0.2, -0.15) is 0 Å². The monoisotopic (exact) mass is 372 g/mol. The van der Waals surface area contributed by atoms with Crippen molar-refractivity contribution in [3.8, 4) is 0 Å². The number of aryl methyl sites for hydroxylation is 1. The van der Waals surface area contributed by atoms with E-state index in [4.69, 9.17) is 0 Å². The SMILES string of the molecule is Cc1csc(C2CCN(CC(=O)Nc3nc4ccccc4s3)CC2)n1. The van der Waals surface area contributed by atoms with Crippen LogP contribution in [-0.2, 0) is 4.79 Å². The third-order valence-electron chi connectivity index (χ3n) is 4.48. The molecule has 130 valence electrons. The fourth-order valence-electron chi connectivity index (χ4n) is 3.19. The Kier molecular flexibility index (Phi) is 4.78. The molecule has 1 aromatic carbocycles. The Balaban J connectivity index is 1.30. The highest BCUT2D eigenvalue weighted by molar-refractivity contribution is 7.22. The number of carbonyl (C=O) groups is 1. The Bertz CT molecular complexity index is 847. The maximum absolute atomic E-state index is 12.3. The predicted octanol–water partition coefficient (Wildman–Crippen LogP) is 3.88. The lowest BCUT2D eigenvalue weighted by atomic mass is 9.97. The first-order valence-corrected chi connectivity index (χ1v) is 10.2. The molecule has 0 unspecified atom stereocenters. The molecule has 1 fully saturated rings. The molecule has 1 N–H and O–H groups in total. The van der Waals surface area contributed by atoms with Crippen molar-refractivity contribution in [2.24, 2.45) is 0 Å². The van der Waals surface area contributed by atoms with Crippen molar-refractivity contribution >= 4 is 43.9 Å². The second kappa shape index (κ2) is 7.19. The third kappa shape index (κ3) is 3.89. The lowest BCUT2D eigenvalue weighted by molar-refractivity contribution is -0.117. The number of hydrogen-bond donors (Lipinski definition) is 1. The standard InChI is InChI=1S/C18H20N4OS2/c1-12-11-24-17(19-12)13-6-8-22(9-7-13)10-16(23)21-18-20-14-4-2-3-5-15(14)25-18/h2-5,11,13H,6-10H2,1H3,(H,20,21,23). The minimum Gasteiger partial charge on any atom is -0.301 e. The van der Waals surface area contributed by atoms with E-state index in [1.807, 2.05) is 31.2 Å². The van der Waals surface area contributed by atoms with Crippen LogP contribution in [0.4, 0.5) is 5.13 Å². The number of nitrogens with zero attached hydrogens (tertiary/aromatic N) is 3. The van der Waals surface area contributed by atoms with Gasteiger partial charge in [-0.15, -0.1) is 11.3 Å². The number of hydrogen-bond acceptors (Lipinski definition) is 6. The molecule has 3 aromatic rings. The van der Waals surface area contributed by atoms with Crippen molar-refractivity contribution in [1.29, 1.82) is 0 Å². The topological polar surface area (TPSA) is 58.1 Å². The fourth-order valence-corrected chi connectivity index (χ4v) is 5.04. The van der Waals surface area contributed by atoms with Crippen LogP contribution in [0, 0.1) is 6.92 Å². The van der Waals surface area contributed by atoms with E-state index in [0.29, 0.717) is 17.6 Å². The van der Waals surface area contributed by atoms with Crippen LogP contribution in [0.15, 0.2) is 29.6 Å². The molecule has 0 atom stereocenters. The quantitative estimate of drug-likeness (QED) is 0.755. The highest BCUT2D eigenvalue weighted by Crippen LogP contribution is 2.30. The number of benzene rings is 1. The highest BCUT2D eigenvalue weighted by Gasteiger charge is 2.24. The average Bonchev–Trinajstić information content (AvgIpc) is 3.21. The molecule has 0 aliphatic carbocycles. The van der Waals surface area contributed by atoms with Crippen LogP contribution in [0.3, 0.4) is 0 Å². The highest BCUT2D eigenvalue weighted by atomic mass is 32.1. The summed E-state index contributed by atoms with van der Waals surface area (Å²) in [4.78, 5) is 23.6. The summed E-state index contributed by atoms with van der Waals surface area (Å²) in [6.45, 7) is 4.36. The van der Waals surface area contributed by atoms with Crippen LogP contribution >= 0.6 is 22.7 Å². The van der Waals surface area contributed by atoms with E-state index in [0.717, 1.165) is 41.8 Å². The summed E-state index contributed by atoms with van der Waals surface area (Å²) in [5.41, 5.74) is 2.04. The molecule has 1 saturated heterocycles. The zero-order valence-electron chi connectivity index (χ0n) is 14.1. The van der Waals surface area contributed by atoms with Gasteiger partial charge in [-0.3, -0.25) is 9.69 Å². The summed E-state index contributed by atoms with van der Waals surface area (Å²) in [5.74, 6) is 0.560. The van der Waals surface area contributed by atoms with Crippen LogP contribution in [-0.4, -0.2) is 40.4 Å². The van der Waals surface area contributed by atoms with Crippen LogP contribution in [0.25, 0.3) is 10.2 Å². The van der Waals surface area contributed by atoms with Gasteiger partial charge in [-0.05, 0) is 45.0 Å². The van der Waals surface area contributed by atoms with Gasteiger partial charge in [-0.1, -0.05) is 23.5 Å². The number of para-hydroxylation sites is 1. The van der Waals surface area contributed by atoms with Crippen LogP contribution in [0.5, 0.6) is 0 Å². The Morgan fingerprint density at radius 2 is 2.08 bits per heavy atom. The number of piperidine rings is 1. The van der Waals surface area contributed by atoms with E-state index in [-0.39, 0.29) is 5.91 Å². The largest absolute Gasteiger partial charge is 0.301 e. The first-order chi connectivity index (χ1) is 12.2. The summed E-state index contributed by atoms with van der Waals surface area (Å²) in [5, 5.41) is 6.99. The summed E-state index contributed by atoms with van der Waals surface area (Å²) < 4.78 is 1.09. The molecule has 0 spiro atoms. The van der Waals surface area contributed by atoms with Gasteiger partial charge in [0, 0.05) is 17.0 Å². The number of rotatable bonds is 4. The second-order valence-electron chi connectivity index (χ2n) is 6.41. The summed E-state index contributed by atoms with van der Waals surface area (Å²) in [6.07, 6.45) is 2.14. The molecule has 5 nitrogen and oxygen atoms in total. The van der Waals surface area contributed by atoms with Gasteiger partial charge >= 0.3 is 0 Å². The van der Waals surface area contributed by atoms with Gasteiger partial charge in [0.1, 0.15) is 0 Å². The Morgan fingerprint density at radius 3 is 2.80 bits per heavy atom. The van der Waals surface area contributed by atoms with Gasteiger partial charge in [0.15, 0.2) is 5.13 Å². The van der Waals surface area contributed by atoms with Gasteiger partial charge < -0.3 is 5.32 Å². The lowest BCUT2D eigenvalue weighted by Crippen LogP contribution is -2.38. The molecule has 4 rings (SSSR count). The minimum atomic E-state index is 0.0163. The van der Waals surface area contributed by atoms with Gasteiger partial charge in [0.25, 0.3) is 0 Å². The maximum Gasteiger partial charge on any atom is 0.240 e. The molecule has 0 bridgehead atoms. The van der Waals surface area contributed by atoms with Crippen molar-refractivity contribution in [3.63, 3.8) is 0 Å². The number of likely N-dealkylation sites (tertiary alicyclic amines) is 1. The Morgan fingerprint density at radius 1 is 1.28 bits per heavy atom. The average molecular weight is 373 g/mol. The predicted molar refractivity (Wildman–Crippen MR) is 104 cm³/mol. The molecule has 3 heterocycles. The van der Waals surface area contributed by atoms with E-state index in [1.165, 1.54) is 16.3 Å². The zero-order chi connectivity index (χ0) is 17.2. The van der Waals surface area contributed by atoms with Crippen molar-refractivity contribution in [2.45, 2.75) is 25.7 Å². The number of amides is 1. The van der Waals surface area contributed by atoms with Crippen molar-refractivity contribution < 1.29 is 4.79 Å². The van der Waals surface area contributed by atoms with E-state index in [9.17, 15) is 4.79 Å². The first-order valence-electron chi connectivity index (χ1n) is 8.47. The van der Waals surface area contributed by atoms with Gasteiger partial charge in [0.05, 0.1) is 21.8 Å². The first kappa shape index (κ1) is 16.6. The molecule has 1 aliphatic rings. The molecule has 0 saturated carbocycles. The van der Waals surface area contributed by atoms with Gasteiger partial charge in [-0.25, -0.2) is 9.97 Å². The van der Waals surface area contributed by atoms with Crippen LogP contribution < -0.4 is 5.32 Å². The number of anilines is 1. The van der Waals surface area contributed by atoms with E-state index in [2.05, 4.69) is 25.6 Å². The molecule has 1 aliphatic heterocycles. The number of aromatic nitrogens is 2. The molecule has 25 heavy (non-hydrogen) atoms. The van der Waals surface area contributed by atoms with Gasteiger partial charge in [0.2, 0.25) is 5.91 Å². The molecule has 7 heteroatoms. The molecular formula is C18H20N4OS2. The van der Waals surface area contributed by atoms with Crippen molar-refractivity contribution in [1.82, 2.24) is 14.9 Å². The van der Waals surface area contributed by atoms with E-state index in [1.54, 1.807) is 11.3 Å². The third-order valence-corrected chi connectivity index (χ3v) is 6.56. The lowest BCUT2D eigenvalue weighted by Gasteiger charge is -2.30. The number of carbonyl (C=O) groups excluding carboxylic acids is 1. The fraction of sp³-hybridized carbons (Fsp3) is 0.389. The smallest absolute Gasteiger partial charge is 0.240 e. The second-order valence-corrected chi connectivity index (χ2v) is 8.33. The maximum atomic E-state index is 12.3. The van der Waals surface area contributed by atoms with Crippen LogP contribution in [0.2, 0.25) is 0 Å². The van der Waals surface area contributed by atoms with Crippen molar-refractivity contribution in [2.75, 3.05) is 25.0 Å². The Labute approximate surface area is 154 Å². The molecular weight excluding hydrogens is 352 g/mol. The summed E-state index contributed by atoms with van der Waals surface area (Å²) >= 11 is 3.28. The Hall–Kier alpha value is -1.83. The number of thiazole rings is 2. The number of fused-ring (bicyclic) bond motifs is 1. The summed E-state index contributed by atoms with van der Waals surface area (Å²) in [6, 6.07) is 7.93. The number of nitrogens with one attached hydrogen (secondary N) is 1. The van der Waals surface area contributed by atoms with E-state index >= 15 is 0 Å².